The van der Waals surface area contributed by atoms with E-state index >= 15 is 0 Å². The van der Waals surface area contributed by atoms with Gasteiger partial charge in [-0.2, -0.15) is 15.0 Å². The Hall–Kier alpha value is -2.83. The molecule has 1 aromatic carbocycles. The monoisotopic (exact) mass is 270 g/mol. The molecule has 0 aliphatic heterocycles. The van der Waals surface area contributed by atoms with Crippen LogP contribution in [0.2, 0.25) is 0 Å². The van der Waals surface area contributed by atoms with E-state index in [1.165, 1.54) is 6.07 Å². The Morgan fingerprint density at radius 3 is 2.75 bits per heavy atom. The largest absolute Gasteiger partial charge is 0.368 e. The summed E-state index contributed by atoms with van der Waals surface area (Å²) < 4.78 is 15.2. The molecule has 0 bridgehead atoms. The minimum Gasteiger partial charge on any atom is -0.368 e. The number of anilines is 1. The van der Waals surface area contributed by atoms with Crippen LogP contribution >= 0.6 is 0 Å². The van der Waals surface area contributed by atoms with E-state index in [0.29, 0.717) is 22.9 Å². The lowest BCUT2D eigenvalue weighted by atomic mass is 10.1. The summed E-state index contributed by atoms with van der Waals surface area (Å²) in [5.74, 6) is 0.413. The van der Waals surface area contributed by atoms with Crippen molar-refractivity contribution in [3.63, 3.8) is 0 Å². The van der Waals surface area contributed by atoms with Gasteiger partial charge < -0.3 is 5.73 Å². The number of benzene rings is 1. The predicted octanol–water partition coefficient (Wildman–Crippen LogP) is 1.75. The summed E-state index contributed by atoms with van der Waals surface area (Å²) in [6.07, 6.45) is 4.84. The van der Waals surface area contributed by atoms with Crippen molar-refractivity contribution in [2.45, 2.75) is 6.92 Å². The van der Waals surface area contributed by atoms with Crippen molar-refractivity contribution < 1.29 is 4.39 Å². The van der Waals surface area contributed by atoms with Crippen LogP contribution in [0.1, 0.15) is 5.56 Å². The molecule has 7 heteroatoms. The number of aryl methyl sites for hydroxylation is 1. The van der Waals surface area contributed by atoms with Crippen LogP contribution in [0.5, 0.6) is 0 Å². The average Bonchev–Trinajstić information content (AvgIpc) is 2.95. The smallest absolute Gasteiger partial charge is 0.240 e. The van der Waals surface area contributed by atoms with E-state index in [-0.39, 0.29) is 11.8 Å². The van der Waals surface area contributed by atoms with Crippen LogP contribution < -0.4 is 5.73 Å². The van der Waals surface area contributed by atoms with Gasteiger partial charge >= 0.3 is 0 Å². The molecule has 2 heterocycles. The van der Waals surface area contributed by atoms with Gasteiger partial charge in [-0.25, -0.2) is 9.37 Å². The van der Waals surface area contributed by atoms with E-state index in [1.807, 2.05) is 0 Å². The van der Waals surface area contributed by atoms with Crippen molar-refractivity contribution in [1.82, 2.24) is 24.5 Å². The normalized spacial score (nSPS) is 10.7. The first-order valence-corrected chi connectivity index (χ1v) is 5.90. The van der Waals surface area contributed by atoms with Crippen LogP contribution in [0.3, 0.4) is 0 Å². The van der Waals surface area contributed by atoms with Crippen LogP contribution in [-0.4, -0.2) is 24.5 Å². The third-order valence-corrected chi connectivity index (χ3v) is 2.81. The third-order valence-electron chi connectivity index (χ3n) is 2.81. The van der Waals surface area contributed by atoms with E-state index in [1.54, 1.807) is 42.3 Å². The Morgan fingerprint density at radius 1 is 1.20 bits per heavy atom. The van der Waals surface area contributed by atoms with Crippen molar-refractivity contribution in [3.05, 3.63) is 48.3 Å². The highest BCUT2D eigenvalue weighted by Gasteiger charge is 2.09. The Kier molecular flexibility index (Phi) is 2.86. The molecule has 0 amide bonds. The molecule has 100 valence electrons. The molecule has 0 radical (unpaired) electrons. The number of imidazole rings is 1. The third kappa shape index (κ3) is 2.20. The van der Waals surface area contributed by atoms with Crippen molar-refractivity contribution in [2.75, 3.05) is 5.73 Å². The molecule has 0 saturated carbocycles. The van der Waals surface area contributed by atoms with Gasteiger partial charge in [0.25, 0.3) is 0 Å². The number of hydrogen-bond acceptors (Lipinski definition) is 5. The molecule has 2 aromatic heterocycles. The quantitative estimate of drug-likeness (QED) is 0.767. The molecule has 20 heavy (non-hydrogen) atoms. The molecule has 2 N–H and O–H groups in total. The maximum absolute atomic E-state index is 13.6. The van der Waals surface area contributed by atoms with Gasteiger partial charge in [-0.1, -0.05) is 12.1 Å². The number of aromatic nitrogens is 5. The topological polar surface area (TPSA) is 82.5 Å². The summed E-state index contributed by atoms with van der Waals surface area (Å²) in [5.41, 5.74) is 6.79. The van der Waals surface area contributed by atoms with Gasteiger partial charge in [0.2, 0.25) is 11.9 Å². The average molecular weight is 270 g/mol. The highest BCUT2D eigenvalue weighted by atomic mass is 19.1. The fraction of sp³-hybridized carbons (Fsp3) is 0.0769. The van der Waals surface area contributed by atoms with Gasteiger partial charge in [0.05, 0.1) is 0 Å². The first kappa shape index (κ1) is 12.2. The summed E-state index contributed by atoms with van der Waals surface area (Å²) in [5, 5.41) is 0. The number of hydrogen-bond donors (Lipinski definition) is 1. The fourth-order valence-electron chi connectivity index (χ4n) is 1.73. The molecule has 0 saturated heterocycles. The van der Waals surface area contributed by atoms with E-state index in [0.717, 1.165) is 0 Å². The fourth-order valence-corrected chi connectivity index (χ4v) is 1.73. The summed E-state index contributed by atoms with van der Waals surface area (Å²) in [6.45, 7) is 1.69. The zero-order valence-electron chi connectivity index (χ0n) is 10.7. The second kappa shape index (κ2) is 4.69. The SMILES string of the molecule is Cc1ccc(-c2nc(N)nc(-n3ccnc3)n2)cc1F. The number of halogens is 1. The van der Waals surface area contributed by atoms with Crippen LogP contribution in [0.4, 0.5) is 10.3 Å². The zero-order chi connectivity index (χ0) is 14.1. The lowest BCUT2D eigenvalue weighted by Crippen LogP contribution is -2.06. The summed E-state index contributed by atoms with van der Waals surface area (Å²) >= 11 is 0. The zero-order valence-corrected chi connectivity index (χ0v) is 10.7. The molecule has 6 nitrogen and oxygen atoms in total. The van der Waals surface area contributed by atoms with Crippen LogP contribution in [0, 0.1) is 12.7 Å². The first-order chi connectivity index (χ1) is 9.63. The Labute approximate surface area is 114 Å². The predicted molar refractivity (Wildman–Crippen MR) is 71.5 cm³/mol. The highest BCUT2D eigenvalue weighted by molar-refractivity contribution is 5.57. The van der Waals surface area contributed by atoms with Crippen LogP contribution in [0.25, 0.3) is 17.3 Å². The van der Waals surface area contributed by atoms with Gasteiger partial charge in [0.15, 0.2) is 5.82 Å². The number of nitrogen functional groups attached to an aromatic ring is 1. The van der Waals surface area contributed by atoms with Gasteiger partial charge in [-0.3, -0.25) is 4.57 Å². The molecule has 0 aliphatic rings. The van der Waals surface area contributed by atoms with E-state index in [2.05, 4.69) is 19.9 Å². The van der Waals surface area contributed by atoms with Gasteiger partial charge in [-0.05, 0) is 18.6 Å². The van der Waals surface area contributed by atoms with E-state index in [4.69, 9.17) is 5.73 Å². The van der Waals surface area contributed by atoms with Gasteiger partial charge in [-0.15, -0.1) is 0 Å². The number of rotatable bonds is 2. The van der Waals surface area contributed by atoms with Gasteiger partial charge in [0, 0.05) is 18.0 Å². The molecule has 0 atom stereocenters. The second-order valence-electron chi connectivity index (χ2n) is 4.25. The molecule has 0 spiro atoms. The Bertz CT molecular complexity index is 754. The van der Waals surface area contributed by atoms with Crippen molar-refractivity contribution in [2.24, 2.45) is 0 Å². The summed E-state index contributed by atoms with van der Waals surface area (Å²) in [7, 11) is 0. The van der Waals surface area contributed by atoms with Crippen molar-refractivity contribution >= 4 is 5.95 Å². The molecular weight excluding hydrogens is 259 g/mol. The van der Waals surface area contributed by atoms with Crippen molar-refractivity contribution in [3.8, 4) is 17.3 Å². The molecule has 0 unspecified atom stereocenters. The number of nitrogens with two attached hydrogens (primary N) is 1. The van der Waals surface area contributed by atoms with E-state index < -0.39 is 0 Å². The van der Waals surface area contributed by atoms with E-state index in [9.17, 15) is 4.39 Å². The Balaban J connectivity index is 2.12. The maximum Gasteiger partial charge on any atom is 0.240 e. The highest BCUT2D eigenvalue weighted by Crippen LogP contribution is 2.19. The summed E-state index contributed by atoms with van der Waals surface area (Å²) in [4.78, 5) is 16.3. The maximum atomic E-state index is 13.6. The molecule has 3 aromatic rings. The van der Waals surface area contributed by atoms with Crippen molar-refractivity contribution in [1.29, 1.82) is 0 Å². The minimum atomic E-state index is -0.314. The second-order valence-corrected chi connectivity index (χ2v) is 4.25. The lowest BCUT2D eigenvalue weighted by molar-refractivity contribution is 0.619. The van der Waals surface area contributed by atoms with Crippen LogP contribution in [0.15, 0.2) is 36.9 Å². The Morgan fingerprint density at radius 2 is 2.05 bits per heavy atom. The molecule has 3 rings (SSSR count). The van der Waals surface area contributed by atoms with Gasteiger partial charge in [0.1, 0.15) is 12.1 Å². The first-order valence-electron chi connectivity index (χ1n) is 5.90. The minimum absolute atomic E-state index is 0.0692. The molecule has 0 fully saturated rings. The molecular formula is C13H11FN6. The lowest BCUT2D eigenvalue weighted by Gasteiger charge is -2.06. The molecule has 0 aliphatic carbocycles. The summed E-state index contributed by atoms with van der Waals surface area (Å²) in [6, 6.07) is 4.79. The standard InChI is InChI=1S/C13H11FN6/c1-8-2-3-9(6-10(8)14)11-17-12(15)19-13(18-11)20-5-4-16-7-20/h2-7H,1H3,(H2,15,17,18,19). The van der Waals surface area contributed by atoms with Crippen LogP contribution in [-0.2, 0) is 0 Å². The number of nitrogens with zero attached hydrogens (tertiary/aromatic N) is 5.